The smallest absolute Gasteiger partial charge is 0.244 e. The van der Waals surface area contributed by atoms with Crippen molar-refractivity contribution < 1.29 is 18.0 Å². The van der Waals surface area contributed by atoms with Crippen LogP contribution in [0.15, 0.2) is 65.6 Å². The molecule has 2 aromatic carbocycles. The Morgan fingerprint density at radius 3 is 2.26 bits per heavy atom. The van der Waals surface area contributed by atoms with Crippen LogP contribution in [0.25, 0.3) is 5.70 Å². The van der Waals surface area contributed by atoms with Gasteiger partial charge in [-0.3, -0.25) is 9.59 Å². The van der Waals surface area contributed by atoms with E-state index in [1.807, 2.05) is 6.07 Å². The Morgan fingerprint density at radius 2 is 1.67 bits per heavy atom. The molecular weight excluding hydrogens is 386 g/mol. The number of halogens is 1. The Balaban J connectivity index is 2.06. The van der Waals surface area contributed by atoms with Gasteiger partial charge in [-0.05, 0) is 30.7 Å². The summed E-state index contributed by atoms with van der Waals surface area (Å²) in [5, 5.41) is 0.0993. The molecule has 1 aliphatic rings. The molecule has 0 bridgehead atoms. The van der Waals surface area contributed by atoms with Gasteiger partial charge in [0.05, 0.1) is 26.8 Å². The van der Waals surface area contributed by atoms with E-state index in [9.17, 15) is 18.0 Å². The van der Waals surface area contributed by atoms with E-state index < -0.39 is 32.8 Å². The largest absolute Gasteiger partial charge is 0.274 e. The van der Waals surface area contributed by atoms with Crippen LogP contribution >= 0.6 is 11.6 Å². The van der Waals surface area contributed by atoms with Crippen molar-refractivity contribution >= 4 is 38.9 Å². The van der Waals surface area contributed by atoms with Crippen LogP contribution in [0.2, 0.25) is 5.02 Å². The van der Waals surface area contributed by atoms with E-state index in [0.29, 0.717) is 11.3 Å². The van der Waals surface area contributed by atoms with E-state index in [1.165, 1.54) is 26.0 Å². The molecule has 0 aliphatic carbocycles. The average molecular weight is 404 g/mol. The molecule has 0 spiro atoms. The van der Waals surface area contributed by atoms with Gasteiger partial charge >= 0.3 is 0 Å². The Bertz CT molecular complexity index is 1050. The van der Waals surface area contributed by atoms with Crippen molar-refractivity contribution in [3.63, 3.8) is 0 Å². The SMILES string of the molecule is CC(=O)N1C(=O)C(C)(CS(=O)(=O)c2ccccc2Cl)C=C1c1ccccc1. The molecule has 0 fully saturated rings. The second-order valence-corrected chi connectivity index (χ2v) is 9.03. The third kappa shape index (κ3) is 3.55. The fourth-order valence-electron chi connectivity index (χ4n) is 3.20. The van der Waals surface area contributed by atoms with Crippen molar-refractivity contribution in [2.75, 3.05) is 5.75 Å². The monoisotopic (exact) mass is 403 g/mol. The van der Waals surface area contributed by atoms with Gasteiger partial charge in [0, 0.05) is 6.92 Å². The lowest BCUT2D eigenvalue weighted by molar-refractivity contribution is -0.142. The summed E-state index contributed by atoms with van der Waals surface area (Å²) in [6.45, 7) is 2.80. The van der Waals surface area contributed by atoms with E-state index in [1.54, 1.807) is 42.5 Å². The maximum Gasteiger partial charge on any atom is 0.244 e. The summed E-state index contributed by atoms with van der Waals surface area (Å²) in [5.41, 5.74) is -0.320. The number of rotatable bonds is 4. The molecule has 5 nitrogen and oxygen atoms in total. The standard InChI is InChI=1S/C20H18ClNO4S/c1-14(23)22-17(15-8-4-3-5-9-15)12-20(2,19(22)24)13-27(25,26)18-11-7-6-10-16(18)21/h3-12H,13H2,1-2H3. The van der Waals surface area contributed by atoms with Crippen LogP contribution in [0.5, 0.6) is 0 Å². The number of imide groups is 1. The van der Waals surface area contributed by atoms with Gasteiger partial charge in [0.25, 0.3) is 0 Å². The maximum atomic E-state index is 13.0. The highest BCUT2D eigenvalue weighted by Crippen LogP contribution is 2.40. The van der Waals surface area contributed by atoms with Gasteiger partial charge in [-0.1, -0.05) is 54.1 Å². The number of sulfone groups is 1. The third-order valence-electron chi connectivity index (χ3n) is 4.43. The summed E-state index contributed by atoms with van der Waals surface area (Å²) in [7, 11) is -3.86. The molecule has 7 heteroatoms. The number of carbonyl (C=O) groups excluding carboxylic acids is 2. The first-order valence-electron chi connectivity index (χ1n) is 8.26. The van der Waals surface area contributed by atoms with Gasteiger partial charge in [-0.25, -0.2) is 13.3 Å². The van der Waals surface area contributed by atoms with Crippen LogP contribution in [0, 0.1) is 5.41 Å². The number of carbonyl (C=O) groups is 2. The number of nitrogens with zero attached hydrogens (tertiary/aromatic N) is 1. The van der Waals surface area contributed by atoms with E-state index >= 15 is 0 Å². The topological polar surface area (TPSA) is 71.5 Å². The second kappa shape index (κ2) is 6.94. The predicted octanol–water partition coefficient (Wildman–Crippen LogP) is 3.55. The summed E-state index contributed by atoms with van der Waals surface area (Å²) in [4.78, 5) is 26.1. The zero-order valence-electron chi connectivity index (χ0n) is 14.8. The molecule has 1 aliphatic heterocycles. The van der Waals surface area contributed by atoms with E-state index in [-0.39, 0.29) is 9.92 Å². The van der Waals surface area contributed by atoms with Crippen molar-refractivity contribution in [2.24, 2.45) is 5.41 Å². The van der Waals surface area contributed by atoms with E-state index in [2.05, 4.69) is 0 Å². The molecule has 1 atom stereocenters. The minimum Gasteiger partial charge on any atom is -0.274 e. The lowest BCUT2D eigenvalue weighted by Crippen LogP contribution is -2.40. The van der Waals surface area contributed by atoms with Crippen LogP contribution in [0.3, 0.4) is 0 Å². The first-order valence-corrected chi connectivity index (χ1v) is 10.3. The molecular formula is C20H18ClNO4S. The highest BCUT2D eigenvalue weighted by Gasteiger charge is 2.47. The van der Waals surface area contributed by atoms with Crippen LogP contribution < -0.4 is 0 Å². The maximum absolute atomic E-state index is 13.0. The molecule has 2 amide bonds. The highest BCUT2D eigenvalue weighted by atomic mass is 35.5. The molecule has 140 valence electrons. The lowest BCUT2D eigenvalue weighted by Gasteiger charge is -2.23. The quantitative estimate of drug-likeness (QED) is 0.782. The third-order valence-corrected chi connectivity index (χ3v) is 6.88. The van der Waals surface area contributed by atoms with Crippen LogP contribution in [0.4, 0.5) is 0 Å². The van der Waals surface area contributed by atoms with Crippen molar-refractivity contribution in [2.45, 2.75) is 18.7 Å². The van der Waals surface area contributed by atoms with E-state index in [4.69, 9.17) is 11.6 Å². The Hall–Kier alpha value is -2.44. The van der Waals surface area contributed by atoms with Gasteiger partial charge in [0.1, 0.15) is 0 Å². The van der Waals surface area contributed by atoms with Crippen LogP contribution in [-0.2, 0) is 19.4 Å². The van der Waals surface area contributed by atoms with Crippen LogP contribution in [-0.4, -0.2) is 30.9 Å². The van der Waals surface area contributed by atoms with Gasteiger partial charge in [0.15, 0.2) is 9.84 Å². The fourth-order valence-corrected chi connectivity index (χ4v) is 5.49. The fraction of sp³-hybridized carbons (Fsp3) is 0.200. The van der Waals surface area contributed by atoms with Crippen molar-refractivity contribution in [3.8, 4) is 0 Å². The first-order chi connectivity index (χ1) is 12.7. The minimum atomic E-state index is -3.86. The molecule has 0 saturated carbocycles. The number of hydrogen-bond donors (Lipinski definition) is 0. The summed E-state index contributed by atoms with van der Waals surface area (Å²) < 4.78 is 25.8. The first kappa shape index (κ1) is 19.3. The van der Waals surface area contributed by atoms with E-state index in [0.717, 1.165) is 4.90 Å². The second-order valence-electron chi connectivity index (χ2n) is 6.66. The molecule has 27 heavy (non-hydrogen) atoms. The summed E-state index contributed by atoms with van der Waals surface area (Å²) in [6, 6.07) is 15.0. The summed E-state index contributed by atoms with van der Waals surface area (Å²) >= 11 is 6.04. The lowest BCUT2D eigenvalue weighted by atomic mass is 9.93. The number of amides is 2. The molecule has 2 aromatic rings. The molecule has 1 unspecified atom stereocenters. The molecule has 0 radical (unpaired) electrons. The number of benzene rings is 2. The zero-order chi connectivity index (χ0) is 19.8. The Labute approximate surface area is 163 Å². The number of hydrogen-bond acceptors (Lipinski definition) is 4. The molecule has 0 saturated heterocycles. The molecule has 1 heterocycles. The Kier molecular flexibility index (Phi) is 4.97. The summed E-state index contributed by atoms with van der Waals surface area (Å²) in [5.74, 6) is -1.51. The van der Waals surface area contributed by atoms with Crippen molar-refractivity contribution in [1.29, 1.82) is 0 Å². The van der Waals surface area contributed by atoms with Crippen molar-refractivity contribution in [1.82, 2.24) is 4.90 Å². The average Bonchev–Trinajstić information content (AvgIpc) is 2.86. The van der Waals surface area contributed by atoms with Gasteiger partial charge in [-0.15, -0.1) is 0 Å². The van der Waals surface area contributed by atoms with Crippen molar-refractivity contribution in [3.05, 3.63) is 71.3 Å². The predicted molar refractivity (Wildman–Crippen MR) is 104 cm³/mol. The van der Waals surface area contributed by atoms with Crippen LogP contribution in [0.1, 0.15) is 19.4 Å². The molecule has 3 rings (SSSR count). The molecule has 0 aromatic heterocycles. The van der Waals surface area contributed by atoms with Gasteiger partial charge in [-0.2, -0.15) is 0 Å². The minimum absolute atomic E-state index is 0.0309. The molecule has 0 N–H and O–H groups in total. The normalized spacial score (nSPS) is 19.9. The Morgan fingerprint density at radius 1 is 1.07 bits per heavy atom. The zero-order valence-corrected chi connectivity index (χ0v) is 16.4. The van der Waals surface area contributed by atoms with Gasteiger partial charge in [0.2, 0.25) is 11.8 Å². The van der Waals surface area contributed by atoms with Gasteiger partial charge < -0.3 is 0 Å². The summed E-state index contributed by atoms with van der Waals surface area (Å²) in [6.07, 6.45) is 1.56. The highest BCUT2D eigenvalue weighted by molar-refractivity contribution is 7.91.